The van der Waals surface area contributed by atoms with Crippen LogP contribution in [-0.4, -0.2) is 40.5 Å². The maximum absolute atomic E-state index is 14.6. The Balaban J connectivity index is 1.47. The van der Waals surface area contributed by atoms with Crippen molar-refractivity contribution < 1.29 is 9.59 Å². The number of nitrogens with two attached hydrogens (primary N) is 2. The first-order valence-electron chi connectivity index (χ1n) is 16.3. The molecule has 0 unspecified atom stereocenters. The number of amidine groups is 1. The van der Waals surface area contributed by atoms with Gasteiger partial charge in [-0.15, -0.1) is 0 Å². The molecule has 2 aliphatic carbocycles. The first kappa shape index (κ1) is 31.7. The number of aliphatic imine (C=N–C) groups is 1. The molecule has 236 valence electrons. The van der Waals surface area contributed by atoms with Gasteiger partial charge in [0, 0.05) is 11.1 Å². The Morgan fingerprint density at radius 2 is 1.82 bits per heavy atom. The lowest BCUT2D eigenvalue weighted by atomic mass is 9.69. The molecule has 1 aliphatic heterocycles. The minimum atomic E-state index is -0.563. The molecule has 6 N–H and O–H groups in total. The lowest BCUT2D eigenvalue weighted by Gasteiger charge is -2.47. The van der Waals surface area contributed by atoms with Crippen LogP contribution >= 0.6 is 0 Å². The van der Waals surface area contributed by atoms with E-state index in [1.54, 1.807) is 0 Å². The SMILES string of the molecule is CCCC[C@H](c1ccc(C(=O)NC/C(N)=N/NN)cc1)N1C(=O)C(c2cccc(C3CC3)c2)=NC12CCC(C(C)(C)C)CC2. The van der Waals surface area contributed by atoms with E-state index < -0.39 is 5.66 Å². The summed E-state index contributed by atoms with van der Waals surface area (Å²) in [6.07, 6.45) is 9.07. The Bertz CT molecular complexity index is 1400. The summed E-state index contributed by atoms with van der Waals surface area (Å²) in [5.41, 5.74) is 11.9. The number of unbranched alkanes of at least 4 members (excludes halogenated alkanes) is 1. The van der Waals surface area contributed by atoms with Gasteiger partial charge in [0.1, 0.15) is 17.2 Å². The predicted octanol–water partition coefficient (Wildman–Crippen LogP) is 5.52. The van der Waals surface area contributed by atoms with Gasteiger partial charge in [-0.3, -0.25) is 14.6 Å². The Morgan fingerprint density at radius 3 is 2.43 bits per heavy atom. The molecule has 5 rings (SSSR count). The zero-order valence-electron chi connectivity index (χ0n) is 26.7. The highest BCUT2D eigenvalue weighted by molar-refractivity contribution is 6.46. The number of amides is 2. The molecule has 1 heterocycles. The fraction of sp³-hybridized carbons (Fsp3) is 0.543. The first-order chi connectivity index (χ1) is 21.1. The third kappa shape index (κ3) is 6.83. The number of hydrazone groups is 1. The molecule has 44 heavy (non-hydrogen) atoms. The Labute approximate surface area is 261 Å². The van der Waals surface area contributed by atoms with Gasteiger partial charge in [0.05, 0.1) is 12.6 Å². The average molecular weight is 600 g/mol. The number of carbonyl (C=O) groups excluding carboxylic acids is 2. The van der Waals surface area contributed by atoms with Crippen LogP contribution in [0.4, 0.5) is 0 Å². The second-order valence-electron chi connectivity index (χ2n) is 13.9. The summed E-state index contributed by atoms with van der Waals surface area (Å²) < 4.78 is 0. The third-order valence-electron chi connectivity index (χ3n) is 9.75. The van der Waals surface area contributed by atoms with Crippen LogP contribution in [-0.2, 0) is 4.79 Å². The summed E-state index contributed by atoms with van der Waals surface area (Å²) in [6.45, 7) is 9.23. The number of hydrogen-bond donors (Lipinski definition) is 4. The molecule has 2 aromatic rings. The van der Waals surface area contributed by atoms with Gasteiger partial charge in [0.15, 0.2) is 0 Å². The smallest absolute Gasteiger partial charge is 0.275 e. The summed E-state index contributed by atoms with van der Waals surface area (Å²) in [5.74, 6) is 6.30. The van der Waals surface area contributed by atoms with Gasteiger partial charge in [-0.2, -0.15) is 5.10 Å². The molecule has 0 aromatic heterocycles. The highest BCUT2D eigenvalue weighted by atomic mass is 16.2. The molecule has 2 amide bonds. The van der Waals surface area contributed by atoms with Crippen LogP contribution in [0.5, 0.6) is 0 Å². The van der Waals surface area contributed by atoms with E-state index in [1.165, 1.54) is 18.4 Å². The molecule has 1 spiro atoms. The monoisotopic (exact) mass is 599 g/mol. The van der Waals surface area contributed by atoms with Gasteiger partial charge >= 0.3 is 0 Å². The van der Waals surface area contributed by atoms with E-state index in [2.05, 4.69) is 72.8 Å². The molecule has 3 aliphatic rings. The molecule has 9 nitrogen and oxygen atoms in total. The van der Waals surface area contributed by atoms with Crippen molar-refractivity contribution in [3.8, 4) is 0 Å². The van der Waals surface area contributed by atoms with E-state index in [-0.39, 0.29) is 35.7 Å². The first-order valence-corrected chi connectivity index (χ1v) is 16.3. The van der Waals surface area contributed by atoms with E-state index in [1.807, 2.05) is 24.3 Å². The molecule has 9 heteroatoms. The molecular formula is C35H49N7O2. The van der Waals surface area contributed by atoms with E-state index in [9.17, 15) is 9.59 Å². The maximum atomic E-state index is 14.6. The van der Waals surface area contributed by atoms with Crippen molar-refractivity contribution in [1.29, 1.82) is 0 Å². The number of carbonyl (C=O) groups is 2. The highest BCUT2D eigenvalue weighted by Crippen LogP contribution is 2.50. The number of rotatable bonds is 11. The lowest BCUT2D eigenvalue weighted by molar-refractivity contribution is -0.133. The quantitative estimate of drug-likeness (QED) is 0.117. The Hall–Kier alpha value is -3.72. The molecule has 2 aromatic carbocycles. The van der Waals surface area contributed by atoms with Gasteiger partial charge in [-0.05, 0) is 91.5 Å². The van der Waals surface area contributed by atoms with Crippen molar-refractivity contribution in [3.05, 3.63) is 70.8 Å². The summed E-state index contributed by atoms with van der Waals surface area (Å²) in [4.78, 5) is 34.9. The van der Waals surface area contributed by atoms with Gasteiger partial charge < -0.3 is 16.0 Å². The Kier molecular flexibility index (Phi) is 9.44. The lowest BCUT2D eigenvalue weighted by Crippen LogP contribution is -2.51. The summed E-state index contributed by atoms with van der Waals surface area (Å²) in [6, 6.07) is 16.0. The van der Waals surface area contributed by atoms with Crippen LogP contribution in [0.15, 0.2) is 58.6 Å². The van der Waals surface area contributed by atoms with Gasteiger partial charge in [-0.1, -0.05) is 70.9 Å². The van der Waals surface area contributed by atoms with E-state index in [0.717, 1.165) is 56.1 Å². The number of nitrogens with zero attached hydrogens (tertiary/aromatic N) is 3. The fourth-order valence-corrected chi connectivity index (χ4v) is 6.98. The molecule has 0 radical (unpaired) electrons. The van der Waals surface area contributed by atoms with E-state index >= 15 is 0 Å². The van der Waals surface area contributed by atoms with Gasteiger partial charge in [-0.25, -0.2) is 11.4 Å². The van der Waals surface area contributed by atoms with Crippen LogP contribution < -0.4 is 22.4 Å². The molecule has 1 atom stereocenters. The fourth-order valence-electron chi connectivity index (χ4n) is 6.98. The van der Waals surface area contributed by atoms with E-state index in [0.29, 0.717) is 23.1 Å². The second kappa shape index (κ2) is 13.1. The topological polar surface area (TPSA) is 138 Å². The minimum Gasteiger partial charge on any atom is -0.384 e. The summed E-state index contributed by atoms with van der Waals surface area (Å²) in [7, 11) is 0. The number of nitrogens with one attached hydrogen (secondary N) is 2. The zero-order chi connectivity index (χ0) is 31.5. The van der Waals surface area contributed by atoms with Crippen molar-refractivity contribution in [2.24, 2.45) is 33.0 Å². The normalized spacial score (nSPS) is 23.1. The van der Waals surface area contributed by atoms with Crippen LogP contribution in [0.3, 0.4) is 0 Å². The molecule has 2 fully saturated rings. The van der Waals surface area contributed by atoms with Gasteiger partial charge in [0.25, 0.3) is 11.8 Å². The Morgan fingerprint density at radius 1 is 1.11 bits per heavy atom. The molecule has 0 bridgehead atoms. The van der Waals surface area contributed by atoms with Crippen LogP contribution in [0.25, 0.3) is 0 Å². The third-order valence-corrected chi connectivity index (χ3v) is 9.75. The minimum absolute atomic E-state index is 0.0263. The second-order valence-corrected chi connectivity index (χ2v) is 13.9. The molecular weight excluding hydrogens is 550 g/mol. The maximum Gasteiger partial charge on any atom is 0.275 e. The van der Waals surface area contributed by atoms with Crippen LogP contribution in [0.1, 0.15) is 124 Å². The predicted molar refractivity (Wildman–Crippen MR) is 176 cm³/mol. The molecule has 0 saturated heterocycles. The van der Waals surface area contributed by atoms with Gasteiger partial charge in [0.2, 0.25) is 0 Å². The van der Waals surface area contributed by atoms with Crippen molar-refractivity contribution in [2.75, 3.05) is 6.54 Å². The van der Waals surface area contributed by atoms with Crippen molar-refractivity contribution in [1.82, 2.24) is 15.8 Å². The molecule has 2 saturated carbocycles. The van der Waals surface area contributed by atoms with Crippen LogP contribution in [0.2, 0.25) is 0 Å². The van der Waals surface area contributed by atoms with Crippen molar-refractivity contribution >= 4 is 23.4 Å². The average Bonchev–Trinajstić information content (AvgIpc) is 3.83. The number of hydrogen-bond acceptors (Lipinski definition) is 6. The summed E-state index contributed by atoms with van der Waals surface area (Å²) in [5, 5.41) is 6.43. The highest BCUT2D eigenvalue weighted by Gasteiger charge is 2.52. The van der Waals surface area contributed by atoms with E-state index in [4.69, 9.17) is 16.6 Å². The van der Waals surface area contributed by atoms with Crippen molar-refractivity contribution in [3.63, 3.8) is 0 Å². The standard InChI is InChI=1S/C35H49N7O2/c1-5-6-10-29(24-13-15-25(16-14-24)32(43)38-22-30(36)40-41-37)42-33(44)31(27-9-7-8-26(21-27)23-11-12-23)39-35(42)19-17-28(18-20-35)34(2,3)4/h7-9,13-16,21,23,28-29,41H,5-6,10-12,17-20,22,37H2,1-4H3,(H2,36,40)(H,38,43)/t28?,29-,35?/m1/s1. The summed E-state index contributed by atoms with van der Waals surface area (Å²) >= 11 is 0. The van der Waals surface area contributed by atoms with Crippen LogP contribution in [0, 0.1) is 11.3 Å². The largest absolute Gasteiger partial charge is 0.384 e. The number of hydrazine groups is 1. The zero-order valence-corrected chi connectivity index (χ0v) is 26.7. The van der Waals surface area contributed by atoms with Crippen molar-refractivity contribution in [2.45, 2.75) is 103 Å². The number of benzene rings is 2.